The second-order valence-electron chi connectivity index (χ2n) is 8.12. The molecule has 29 heavy (non-hydrogen) atoms. The van der Waals surface area contributed by atoms with Gasteiger partial charge in [-0.25, -0.2) is 0 Å². The van der Waals surface area contributed by atoms with Crippen molar-refractivity contribution < 1.29 is 19.2 Å². The summed E-state index contributed by atoms with van der Waals surface area (Å²) in [4.78, 5) is 33.1. The highest BCUT2D eigenvalue weighted by Gasteiger charge is 2.44. The summed E-state index contributed by atoms with van der Waals surface area (Å²) >= 11 is 0. The largest absolute Gasteiger partial charge is 0.466 e. The van der Waals surface area contributed by atoms with E-state index in [2.05, 4.69) is 12.1 Å². The summed E-state index contributed by atoms with van der Waals surface area (Å²) in [6.07, 6.45) is 5.68. The van der Waals surface area contributed by atoms with Crippen LogP contribution in [0, 0.1) is 5.41 Å². The van der Waals surface area contributed by atoms with Crippen LogP contribution >= 0.6 is 0 Å². The highest BCUT2D eigenvalue weighted by Crippen LogP contribution is 2.37. The number of hydrogen-bond acceptors (Lipinski definition) is 5. The molecule has 0 N–H and O–H groups in total. The number of carbonyl (C=O) groups is 2. The number of aryl methyl sites for hydroxylation is 1. The molecule has 0 spiro atoms. The van der Waals surface area contributed by atoms with Crippen molar-refractivity contribution in [3.05, 3.63) is 35.9 Å². The molecule has 1 aromatic rings. The zero-order valence-corrected chi connectivity index (χ0v) is 17.6. The highest BCUT2D eigenvalue weighted by molar-refractivity contribution is 5.81. The SMILES string of the molecule is CCOC(=O)C1(CCCc2ccccc2)CCCN(C(=O)CCN2CCCO2)C1. The molecule has 160 valence electrons. The van der Waals surface area contributed by atoms with Crippen LogP contribution in [-0.2, 0) is 25.6 Å². The summed E-state index contributed by atoms with van der Waals surface area (Å²) in [7, 11) is 0. The molecule has 1 amide bonds. The summed E-state index contributed by atoms with van der Waals surface area (Å²) in [5, 5.41) is 1.88. The van der Waals surface area contributed by atoms with Gasteiger partial charge in [0, 0.05) is 32.6 Å². The van der Waals surface area contributed by atoms with Gasteiger partial charge in [-0.15, -0.1) is 0 Å². The maximum atomic E-state index is 12.9. The number of benzene rings is 1. The molecule has 2 fully saturated rings. The minimum atomic E-state index is -0.581. The van der Waals surface area contributed by atoms with E-state index in [0.717, 1.165) is 58.2 Å². The zero-order valence-electron chi connectivity index (χ0n) is 17.6. The van der Waals surface area contributed by atoms with Crippen molar-refractivity contribution in [2.24, 2.45) is 5.41 Å². The van der Waals surface area contributed by atoms with Crippen LogP contribution in [0.25, 0.3) is 0 Å². The minimum absolute atomic E-state index is 0.108. The van der Waals surface area contributed by atoms with Crippen LogP contribution in [0.15, 0.2) is 30.3 Å². The van der Waals surface area contributed by atoms with Crippen molar-refractivity contribution in [3.8, 4) is 0 Å². The van der Waals surface area contributed by atoms with Crippen LogP contribution in [0.4, 0.5) is 0 Å². The molecule has 1 unspecified atom stereocenters. The molecule has 2 aliphatic rings. The van der Waals surface area contributed by atoms with Crippen molar-refractivity contribution in [1.29, 1.82) is 0 Å². The number of piperidine rings is 1. The molecule has 6 heteroatoms. The lowest BCUT2D eigenvalue weighted by molar-refractivity contribution is -0.162. The Labute approximate surface area is 174 Å². The third kappa shape index (κ3) is 6.03. The van der Waals surface area contributed by atoms with Gasteiger partial charge in [-0.2, -0.15) is 5.06 Å². The van der Waals surface area contributed by atoms with Crippen LogP contribution in [0.3, 0.4) is 0 Å². The van der Waals surface area contributed by atoms with Gasteiger partial charge in [-0.1, -0.05) is 30.3 Å². The smallest absolute Gasteiger partial charge is 0.313 e. The van der Waals surface area contributed by atoms with Crippen LogP contribution in [0.1, 0.15) is 51.0 Å². The van der Waals surface area contributed by atoms with Gasteiger partial charge in [0.25, 0.3) is 0 Å². The predicted octanol–water partition coefficient (Wildman–Crippen LogP) is 3.21. The molecule has 0 bridgehead atoms. The van der Waals surface area contributed by atoms with Gasteiger partial charge in [0.15, 0.2) is 0 Å². The van der Waals surface area contributed by atoms with Crippen molar-refractivity contribution in [1.82, 2.24) is 9.96 Å². The Hall–Kier alpha value is -1.92. The molecule has 6 nitrogen and oxygen atoms in total. The molecule has 0 aliphatic carbocycles. The molecular formula is C23H34N2O4. The van der Waals surface area contributed by atoms with E-state index < -0.39 is 5.41 Å². The Morgan fingerprint density at radius 2 is 2.00 bits per heavy atom. The number of hydroxylamine groups is 2. The van der Waals surface area contributed by atoms with Crippen LogP contribution in [0.2, 0.25) is 0 Å². The lowest BCUT2D eigenvalue weighted by atomic mass is 9.75. The van der Waals surface area contributed by atoms with E-state index in [1.165, 1.54) is 5.56 Å². The molecular weight excluding hydrogens is 368 g/mol. The van der Waals surface area contributed by atoms with Crippen molar-refractivity contribution in [2.75, 3.05) is 39.4 Å². The van der Waals surface area contributed by atoms with Crippen molar-refractivity contribution in [2.45, 2.75) is 51.9 Å². The lowest BCUT2D eigenvalue weighted by Gasteiger charge is -2.41. The summed E-state index contributed by atoms with van der Waals surface area (Å²) < 4.78 is 5.45. The number of nitrogens with zero attached hydrogens (tertiary/aromatic N) is 2. The van der Waals surface area contributed by atoms with Crippen LogP contribution < -0.4 is 0 Å². The van der Waals surface area contributed by atoms with Gasteiger partial charge in [-0.05, 0) is 51.0 Å². The molecule has 2 saturated heterocycles. The highest BCUT2D eigenvalue weighted by atomic mass is 16.7. The second kappa shape index (κ2) is 10.7. The predicted molar refractivity (Wildman–Crippen MR) is 111 cm³/mol. The number of rotatable bonds is 9. The number of ether oxygens (including phenoxy) is 1. The molecule has 1 aromatic carbocycles. The van der Waals surface area contributed by atoms with E-state index in [1.807, 2.05) is 35.1 Å². The zero-order chi connectivity index (χ0) is 20.5. The Morgan fingerprint density at radius 3 is 2.72 bits per heavy atom. The van der Waals surface area contributed by atoms with Gasteiger partial charge >= 0.3 is 5.97 Å². The van der Waals surface area contributed by atoms with E-state index in [1.54, 1.807) is 0 Å². The molecule has 1 atom stereocenters. The third-order valence-electron chi connectivity index (χ3n) is 6.00. The van der Waals surface area contributed by atoms with Crippen LogP contribution in [-0.4, -0.2) is 61.2 Å². The Morgan fingerprint density at radius 1 is 1.17 bits per heavy atom. The van der Waals surface area contributed by atoms with E-state index in [4.69, 9.17) is 9.57 Å². The van der Waals surface area contributed by atoms with Crippen molar-refractivity contribution in [3.63, 3.8) is 0 Å². The molecule has 0 saturated carbocycles. The average Bonchev–Trinajstić information content (AvgIpc) is 3.27. The summed E-state index contributed by atoms with van der Waals surface area (Å²) in [6, 6.07) is 10.3. The molecule has 0 aromatic heterocycles. The third-order valence-corrected chi connectivity index (χ3v) is 6.00. The summed E-state index contributed by atoms with van der Waals surface area (Å²) in [5.41, 5.74) is 0.698. The van der Waals surface area contributed by atoms with E-state index >= 15 is 0 Å². The first-order chi connectivity index (χ1) is 14.1. The van der Waals surface area contributed by atoms with E-state index in [9.17, 15) is 9.59 Å². The maximum absolute atomic E-state index is 12.9. The van der Waals surface area contributed by atoms with Crippen molar-refractivity contribution >= 4 is 11.9 Å². The summed E-state index contributed by atoms with van der Waals surface area (Å²) in [6.45, 7) is 5.66. The van der Waals surface area contributed by atoms with Gasteiger partial charge in [0.2, 0.25) is 5.91 Å². The van der Waals surface area contributed by atoms with Crippen LogP contribution in [0.5, 0.6) is 0 Å². The minimum Gasteiger partial charge on any atom is -0.466 e. The lowest BCUT2D eigenvalue weighted by Crippen LogP contribution is -2.51. The van der Waals surface area contributed by atoms with Gasteiger partial charge < -0.3 is 9.64 Å². The molecule has 3 rings (SSSR count). The number of carbonyl (C=O) groups excluding carboxylic acids is 2. The molecule has 2 aliphatic heterocycles. The van der Waals surface area contributed by atoms with Gasteiger partial charge in [-0.3, -0.25) is 14.4 Å². The fraction of sp³-hybridized carbons (Fsp3) is 0.652. The first-order valence-corrected chi connectivity index (χ1v) is 11.0. The topological polar surface area (TPSA) is 59.1 Å². The average molecular weight is 403 g/mol. The molecule has 2 heterocycles. The Balaban J connectivity index is 1.59. The second-order valence-corrected chi connectivity index (χ2v) is 8.12. The quantitative estimate of drug-likeness (QED) is 0.594. The standard InChI is InChI=1S/C23H34N2O4/c1-2-28-22(27)23(13-6-11-20-9-4-3-5-10-20)14-7-15-24(19-23)21(26)12-17-25-16-8-18-29-25/h3-5,9-10H,2,6-8,11-19H2,1H3. The number of esters is 1. The molecule has 0 radical (unpaired) electrons. The number of hydrogen-bond donors (Lipinski definition) is 0. The normalized spacial score (nSPS) is 22.6. The fourth-order valence-electron chi connectivity index (χ4n) is 4.43. The number of likely N-dealkylation sites (tertiary alicyclic amines) is 1. The summed E-state index contributed by atoms with van der Waals surface area (Å²) in [5.74, 6) is -0.0367. The van der Waals surface area contributed by atoms with E-state index in [-0.39, 0.29) is 11.9 Å². The number of amides is 1. The monoisotopic (exact) mass is 402 g/mol. The first kappa shape index (κ1) is 21.8. The maximum Gasteiger partial charge on any atom is 0.313 e. The Bertz CT molecular complexity index is 660. The van der Waals surface area contributed by atoms with Gasteiger partial charge in [0.1, 0.15) is 0 Å². The Kier molecular flexibility index (Phi) is 8.07. The van der Waals surface area contributed by atoms with Gasteiger partial charge in [0.05, 0.1) is 18.6 Å². The van der Waals surface area contributed by atoms with E-state index in [0.29, 0.717) is 26.1 Å². The fourth-order valence-corrected chi connectivity index (χ4v) is 4.43. The first-order valence-electron chi connectivity index (χ1n) is 11.0.